The van der Waals surface area contributed by atoms with Crippen molar-refractivity contribution < 1.29 is 29.1 Å². The first kappa shape index (κ1) is 19.8. The molecule has 4 rings (SSSR count). The van der Waals surface area contributed by atoms with E-state index in [1.165, 1.54) is 0 Å². The molecule has 2 aromatic rings. The van der Waals surface area contributed by atoms with Crippen LogP contribution in [0.25, 0.3) is 11.3 Å². The summed E-state index contributed by atoms with van der Waals surface area (Å²) in [6.45, 7) is 3.54. The molecule has 1 atom stereocenters. The van der Waals surface area contributed by atoms with Crippen molar-refractivity contribution in [1.82, 2.24) is 10.1 Å². The van der Waals surface area contributed by atoms with Gasteiger partial charge >= 0.3 is 5.97 Å². The van der Waals surface area contributed by atoms with Gasteiger partial charge in [-0.1, -0.05) is 35.5 Å². The molecular formula is C19H23N3O6. The van der Waals surface area contributed by atoms with Crippen LogP contribution < -0.4 is 4.90 Å². The van der Waals surface area contributed by atoms with Crippen LogP contribution in [-0.4, -0.2) is 78.1 Å². The van der Waals surface area contributed by atoms with Gasteiger partial charge in [0.05, 0.1) is 12.2 Å². The zero-order valence-electron chi connectivity index (χ0n) is 15.6. The molecular weight excluding hydrogens is 366 g/mol. The van der Waals surface area contributed by atoms with Gasteiger partial charge in [-0.25, -0.2) is 4.79 Å². The number of nitrogens with zero attached hydrogens (tertiary/aromatic N) is 3. The monoisotopic (exact) mass is 389 g/mol. The normalized spacial score (nSPS) is 22.0. The quantitative estimate of drug-likeness (QED) is 0.756. The van der Waals surface area contributed by atoms with Crippen molar-refractivity contribution in [2.45, 2.75) is 12.0 Å². The summed E-state index contributed by atoms with van der Waals surface area (Å²) in [5.74, 6) is -0.344. The lowest BCUT2D eigenvalue weighted by Crippen LogP contribution is -2.52. The molecule has 0 saturated carbocycles. The molecule has 9 heteroatoms. The molecule has 3 heterocycles. The molecule has 2 fully saturated rings. The maximum atomic E-state index is 11.9. The Morgan fingerprint density at radius 2 is 1.96 bits per heavy atom. The minimum Gasteiger partial charge on any atom is -0.483 e. The van der Waals surface area contributed by atoms with E-state index in [2.05, 4.69) is 17.1 Å². The van der Waals surface area contributed by atoms with E-state index in [0.29, 0.717) is 36.8 Å². The number of anilines is 1. The lowest BCUT2D eigenvalue weighted by atomic mass is 10.0. The first-order valence-electron chi connectivity index (χ1n) is 8.93. The van der Waals surface area contributed by atoms with Crippen molar-refractivity contribution in [3.8, 4) is 11.3 Å². The molecule has 9 nitrogen and oxygen atoms in total. The maximum Gasteiger partial charge on any atom is 0.343 e. The second-order valence-corrected chi connectivity index (χ2v) is 6.93. The number of benzene rings is 1. The van der Waals surface area contributed by atoms with Gasteiger partial charge in [-0.05, 0) is 13.5 Å². The summed E-state index contributed by atoms with van der Waals surface area (Å²) in [5.41, 5.74) is 0.572. The molecule has 28 heavy (non-hydrogen) atoms. The highest BCUT2D eigenvalue weighted by atomic mass is 16.5. The third kappa shape index (κ3) is 4.00. The van der Waals surface area contributed by atoms with E-state index in [1.54, 1.807) is 0 Å². The van der Waals surface area contributed by atoms with Crippen molar-refractivity contribution in [3.63, 3.8) is 0 Å². The van der Waals surface area contributed by atoms with Crippen LogP contribution in [0, 0.1) is 0 Å². The summed E-state index contributed by atoms with van der Waals surface area (Å²) in [6.07, 6.45) is 0.851. The number of rotatable bonds is 3. The Balaban J connectivity index is 0.000000706. The lowest BCUT2D eigenvalue weighted by Gasteiger charge is -2.38. The number of aromatic carboxylic acids is 1. The number of carbonyl (C=O) groups is 2. The standard InChI is InChI=1S/C18H21N3O4.CH2O2/c1-20-9-10-24-18(11-20)7-8-21(12-18)16-14(17(22)23)15(25-19-16)13-5-3-2-4-6-13;2-1-3/h2-6H,7-12H2,1H3,(H,22,23);1H,(H,2,3). The number of aromatic nitrogens is 1. The van der Waals surface area contributed by atoms with Crippen LogP contribution in [0.3, 0.4) is 0 Å². The van der Waals surface area contributed by atoms with Crippen molar-refractivity contribution in [1.29, 1.82) is 0 Å². The number of hydrogen-bond donors (Lipinski definition) is 2. The van der Waals surface area contributed by atoms with Gasteiger partial charge in [0.15, 0.2) is 17.1 Å². The van der Waals surface area contributed by atoms with Gasteiger partial charge in [-0.3, -0.25) is 4.79 Å². The largest absolute Gasteiger partial charge is 0.483 e. The number of hydrogen-bond acceptors (Lipinski definition) is 7. The number of carboxylic acid groups (broad SMARTS) is 2. The van der Waals surface area contributed by atoms with E-state index in [4.69, 9.17) is 19.2 Å². The zero-order valence-corrected chi connectivity index (χ0v) is 15.6. The van der Waals surface area contributed by atoms with Crippen LogP contribution in [-0.2, 0) is 9.53 Å². The van der Waals surface area contributed by atoms with Crippen molar-refractivity contribution in [2.24, 2.45) is 0 Å². The number of carboxylic acids is 1. The average Bonchev–Trinajstić information content (AvgIpc) is 3.28. The van der Waals surface area contributed by atoms with Gasteiger partial charge in [0.25, 0.3) is 6.47 Å². The molecule has 0 aliphatic carbocycles. The summed E-state index contributed by atoms with van der Waals surface area (Å²) >= 11 is 0. The highest BCUT2D eigenvalue weighted by Gasteiger charge is 2.44. The van der Waals surface area contributed by atoms with Gasteiger partial charge in [-0.2, -0.15) is 0 Å². The van der Waals surface area contributed by atoms with Crippen LogP contribution in [0.1, 0.15) is 16.8 Å². The summed E-state index contributed by atoms with van der Waals surface area (Å²) in [4.78, 5) is 24.5. The Morgan fingerprint density at radius 3 is 2.61 bits per heavy atom. The Hall–Kier alpha value is -2.91. The minimum absolute atomic E-state index is 0.118. The Labute approximate surface area is 162 Å². The van der Waals surface area contributed by atoms with E-state index in [0.717, 1.165) is 19.5 Å². The number of morpholine rings is 1. The Bertz CT molecular complexity index is 824. The van der Waals surface area contributed by atoms with Crippen LogP contribution in [0.2, 0.25) is 0 Å². The Morgan fingerprint density at radius 1 is 1.25 bits per heavy atom. The molecule has 1 aromatic carbocycles. The van der Waals surface area contributed by atoms with Crippen molar-refractivity contribution in [2.75, 3.05) is 44.7 Å². The van der Waals surface area contributed by atoms with E-state index < -0.39 is 5.97 Å². The molecule has 0 bridgehead atoms. The minimum atomic E-state index is -1.03. The van der Waals surface area contributed by atoms with E-state index >= 15 is 0 Å². The van der Waals surface area contributed by atoms with Gasteiger partial charge in [-0.15, -0.1) is 0 Å². The number of likely N-dealkylation sites (N-methyl/N-ethyl adjacent to an activating group) is 1. The molecule has 2 aliphatic rings. The van der Waals surface area contributed by atoms with E-state index in [-0.39, 0.29) is 17.6 Å². The first-order chi connectivity index (χ1) is 13.5. The lowest BCUT2D eigenvalue weighted by molar-refractivity contribution is -0.122. The smallest absolute Gasteiger partial charge is 0.343 e. The second-order valence-electron chi connectivity index (χ2n) is 6.93. The predicted octanol–water partition coefficient (Wildman–Crippen LogP) is 1.65. The van der Waals surface area contributed by atoms with Gasteiger partial charge < -0.3 is 29.3 Å². The van der Waals surface area contributed by atoms with Crippen LogP contribution in [0.4, 0.5) is 5.82 Å². The molecule has 1 aromatic heterocycles. The third-order valence-corrected chi connectivity index (χ3v) is 4.98. The van der Waals surface area contributed by atoms with Crippen LogP contribution >= 0.6 is 0 Å². The fourth-order valence-corrected chi connectivity index (χ4v) is 3.78. The van der Waals surface area contributed by atoms with E-state index in [9.17, 15) is 9.90 Å². The summed E-state index contributed by atoms with van der Waals surface area (Å²) in [7, 11) is 2.08. The van der Waals surface area contributed by atoms with Gasteiger partial charge in [0.1, 0.15) is 0 Å². The highest BCUT2D eigenvalue weighted by molar-refractivity contribution is 5.99. The second kappa shape index (κ2) is 8.41. The predicted molar refractivity (Wildman–Crippen MR) is 101 cm³/mol. The topological polar surface area (TPSA) is 116 Å². The third-order valence-electron chi connectivity index (χ3n) is 4.98. The van der Waals surface area contributed by atoms with E-state index in [1.807, 2.05) is 35.2 Å². The van der Waals surface area contributed by atoms with Crippen LogP contribution in [0.15, 0.2) is 34.9 Å². The molecule has 0 amide bonds. The zero-order chi connectivity index (χ0) is 20.1. The Kier molecular flexibility index (Phi) is 5.96. The van der Waals surface area contributed by atoms with Gasteiger partial charge in [0.2, 0.25) is 0 Å². The maximum absolute atomic E-state index is 11.9. The molecule has 0 radical (unpaired) electrons. The molecule has 1 spiro atoms. The summed E-state index contributed by atoms with van der Waals surface area (Å²) < 4.78 is 11.5. The van der Waals surface area contributed by atoms with Crippen molar-refractivity contribution >= 4 is 18.3 Å². The average molecular weight is 389 g/mol. The van der Waals surface area contributed by atoms with Crippen molar-refractivity contribution in [3.05, 3.63) is 35.9 Å². The fraction of sp³-hybridized carbons (Fsp3) is 0.421. The SMILES string of the molecule is CN1CCOC2(CCN(c3noc(-c4ccccc4)c3C(=O)O)C2)C1.O=CO. The highest BCUT2D eigenvalue weighted by Crippen LogP contribution is 2.36. The fourth-order valence-electron chi connectivity index (χ4n) is 3.78. The molecule has 2 aliphatic heterocycles. The first-order valence-corrected chi connectivity index (χ1v) is 8.93. The van der Waals surface area contributed by atoms with Crippen LogP contribution in [0.5, 0.6) is 0 Å². The van der Waals surface area contributed by atoms with Gasteiger partial charge in [0, 0.05) is 31.7 Å². The molecule has 2 saturated heterocycles. The molecule has 2 N–H and O–H groups in total. The molecule has 1 unspecified atom stereocenters. The molecule has 150 valence electrons. The number of ether oxygens (including phenoxy) is 1. The summed E-state index contributed by atoms with van der Waals surface area (Å²) in [5, 5.41) is 20.7. The summed E-state index contributed by atoms with van der Waals surface area (Å²) in [6, 6.07) is 9.21.